The number of nitrogens with zero attached hydrogens (tertiary/aromatic N) is 1. The van der Waals surface area contributed by atoms with Gasteiger partial charge in [0.2, 0.25) is 0 Å². The minimum atomic E-state index is -4.14. The Balaban J connectivity index is 0.00000220. The number of aromatic hydroxyl groups is 1. The van der Waals surface area contributed by atoms with Crippen molar-refractivity contribution in [2.45, 2.75) is 25.1 Å². The van der Waals surface area contributed by atoms with Crippen LogP contribution in [0, 0.1) is 0 Å². The molecule has 0 aliphatic carbocycles. The molecule has 3 nitrogen and oxygen atoms in total. The molecule has 1 heterocycles. The van der Waals surface area contributed by atoms with Crippen LogP contribution < -0.4 is 5.32 Å². The van der Waals surface area contributed by atoms with Gasteiger partial charge in [-0.1, -0.05) is 12.1 Å². The molecule has 1 aromatic carbocycles. The number of hydrogen-bond acceptors (Lipinski definition) is 3. The fourth-order valence-electron chi connectivity index (χ4n) is 2.55. The van der Waals surface area contributed by atoms with E-state index in [2.05, 4.69) is 10.2 Å². The van der Waals surface area contributed by atoms with E-state index in [0.29, 0.717) is 0 Å². The minimum Gasteiger partial charge on any atom is -0.508 e. The van der Waals surface area contributed by atoms with Crippen LogP contribution in [0.15, 0.2) is 24.3 Å². The van der Waals surface area contributed by atoms with Gasteiger partial charge >= 0.3 is 6.18 Å². The van der Waals surface area contributed by atoms with E-state index in [0.717, 1.165) is 31.7 Å². The summed E-state index contributed by atoms with van der Waals surface area (Å²) in [6.45, 7) is 3.06. The van der Waals surface area contributed by atoms with Crippen LogP contribution in [-0.4, -0.2) is 42.4 Å². The number of phenols is 1. The summed E-state index contributed by atoms with van der Waals surface area (Å²) in [7, 11) is 0. The van der Waals surface area contributed by atoms with Gasteiger partial charge in [-0.3, -0.25) is 4.90 Å². The lowest BCUT2D eigenvalue weighted by Gasteiger charge is -2.35. The van der Waals surface area contributed by atoms with Crippen LogP contribution in [0.1, 0.15) is 24.4 Å². The second-order valence-electron chi connectivity index (χ2n) is 5.05. The zero-order chi connectivity index (χ0) is 14.6. The molecule has 0 radical (unpaired) electrons. The Morgan fingerprint density at radius 3 is 2.14 bits per heavy atom. The van der Waals surface area contributed by atoms with Gasteiger partial charge in [-0.15, -0.1) is 24.8 Å². The van der Waals surface area contributed by atoms with Gasteiger partial charge in [0.05, 0.1) is 0 Å². The van der Waals surface area contributed by atoms with E-state index < -0.39 is 12.6 Å². The van der Waals surface area contributed by atoms with Crippen molar-refractivity contribution < 1.29 is 18.3 Å². The summed E-state index contributed by atoms with van der Waals surface area (Å²) < 4.78 is 37.5. The molecule has 0 bridgehead atoms. The zero-order valence-electron chi connectivity index (χ0n) is 12.0. The third-order valence-corrected chi connectivity index (χ3v) is 3.57. The van der Waals surface area contributed by atoms with Gasteiger partial charge in [0.1, 0.15) is 5.75 Å². The van der Waals surface area contributed by atoms with Crippen LogP contribution >= 0.6 is 24.8 Å². The van der Waals surface area contributed by atoms with Gasteiger partial charge < -0.3 is 10.4 Å². The topological polar surface area (TPSA) is 35.5 Å². The summed E-state index contributed by atoms with van der Waals surface area (Å²) >= 11 is 0. The SMILES string of the molecule is Cl.Cl.Oc1ccc([C@@H](CCC(F)(F)F)N2CCNCC2)cc1. The largest absolute Gasteiger partial charge is 0.508 e. The molecule has 0 saturated carbocycles. The lowest BCUT2D eigenvalue weighted by molar-refractivity contribution is -0.138. The molecule has 0 aromatic heterocycles. The van der Waals surface area contributed by atoms with Crippen molar-refractivity contribution in [3.63, 3.8) is 0 Å². The molecule has 0 unspecified atom stereocenters. The average Bonchev–Trinajstić information content (AvgIpc) is 2.41. The summed E-state index contributed by atoms with van der Waals surface area (Å²) in [5.41, 5.74) is 0.828. The van der Waals surface area contributed by atoms with Crippen molar-refractivity contribution in [1.82, 2.24) is 10.2 Å². The highest BCUT2D eigenvalue weighted by Gasteiger charge is 2.31. The number of alkyl halides is 3. The molecule has 2 N–H and O–H groups in total. The first kappa shape index (κ1) is 21.3. The second-order valence-corrected chi connectivity index (χ2v) is 5.05. The molecule has 128 valence electrons. The van der Waals surface area contributed by atoms with Crippen molar-refractivity contribution in [2.75, 3.05) is 26.2 Å². The van der Waals surface area contributed by atoms with E-state index in [4.69, 9.17) is 0 Å². The highest BCUT2D eigenvalue weighted by molar-refractivity contribution is 5.85. The Kier molecular flexibility index (Phi) is 9.15. The molecule has 1 fully saturated rings. The summed E-state index contributed by atoms with van der Waals surface area (Å²) in [5, 5.41) is 12.5. The van der Waals surface area contributed by atoms with Crippen molar-refractivity contribution in [2.24, 2.45) is 0 Å². The standard InChI is InChI=1S/C14H19F3N2O.2ClH/c15-14(16,17)6-5-13(19-9-7-18-8-10-19)11-1-3-12(20)4-2-11;;/h1-4,13,18,20H,5-10H2;2*1H/t13-;;/m1../s1. The van der Waals surface area contributed by atoms with Crippen LogP contribution in [0.2, 0.25) is 0 Å². The zero-order valence-corrected chi connectivity index (χ0v) is 13.6. The van der Waals surface area contributed by atoms with Crippen LogP contribution in [0.4, 0.5) is 13.2 Å². The number of hydrogen-bond donors (Lipinski definition) is 2. The Labute approximate surface area is 140 Å². The summed E-state index contributed by atoms with van der Waals surface area (Å²) in [6.07, 6.45) is -4.88. The normalized spacial score (nSPS) is 17.2. The average molecular weight is 361 g/mol. The second kappa shape index (κ2) is 9.45. The maximum atomic E-state index is 12.5. The van der Waals surface area contributed by atoms with Gasteiger partial charge in [-0.05, 0) is 24.1 Å². The van der Waals surface area contributed by atoms with Gasteiger partial charge in [-0.25, -0.2) is 0 Å². The smallest absolute Gasteiger partial charge is 0.389 e. The van der Waals surface area contributed by atoms with Crippen LogP contribution in [0.5, 0.6) is 5.75 Å². The molecule has 2 rings (SSSR count). The first-order valence-electron chi connectivity index (χ1n) is 6.76. The van der Waals surface area contributed by atoms with E-state index in [1.54, 1.807) is 12.1 Å². The summed E-state index contributed by atoms with van der Waals surface area (Å²) in [6, 6.07) is 6.21. The molecule has 8 heteroatoms. The number of halogens is 5. The van der Waals surface area contributed by atoms with Crippen molar-refractivity contribution >= 4 is 24.8 Å². The first-order valence-corrected chi connectivity index (χ1v) is 6.76. The van der Waals surface area contributed by atoms with E-state index >= 15 is 0 Å². The highest BCUT2D eigenvalue weighted by atomic mass is 35.5. The molecule has 22 heavy (non-hydrogen) atoms. The third kappa shape index (κ3) is 6.60. The monoisotopic (exact) mass is 360 g/mol. The maximum absolute atomic E-state index is 12.5. The highest BCUT2D eigenvalue weighted by Crippen LogP contribution is 2.32. The van der Waals surface area contributed by atoms with Gasteiger partial charge in [0.25, 0.3) is 0 Å². The molecule has 0 amide bonds. The molecule has 1 aliphatic rings. The minimum absolute atomic E-state index is 0. The Bertz CT molecular complexity index is 423. The van der Waals surface area contributed by atoms with E-state index in [-0.39, 0.29) is 43.0 Å². The Morgan fingerprint density at radius 2 is 1.64 bits per heavy atom. The molecule has 1 aliphatic heterocycles. The Hall–Kier alpha value is -0.690. The summed E-state index contributed by atoms with van der Waals surface area (Å²) in [5.74, 6) is 0.128. The molecular weight excluding hydrogens is 340 g/mol. The third-order valence-electron chi connectivity index (χ3n) is 3.57. The van der Waals surface area contributed by atoms with Crippen molar-refractivity contribution in [3.8, 4) is 5.75 Å². The number of rotatable bonds is 4. The quantitative estimate of drug-likeness (QED) is 0.862. The molecular formula is C14H21Cl2F3N2O. The number of benzene rings is 1. The lowest BCUT2D eigenvalue weighted by atomic mass is 9.99. The predicted molar refractivity (Wildman–Crippen MR) is 85.1 cm³/mol. The first-order chi connectivity index (χ1) is 9.46. The predicted octanol–water partition coefficient (Wildman–Crippen LogP) is 3.52. The fraction of sp³-hybridized carbons (Fsp3) is 0.571. The Morgan fingerprint density at radius 1 is 1.09 bits per heavy atom. The van der Waals surface area contributed by atoms with E-state index in [9.17, 15) is 18.3 Å². The van der Waals surface area contributed by atoms with Crippen molar-refractivity contribution in [3.05, 3.63) is 29.8 Å². The lowest BCUT2D eigenvalue weighted by Crippen LogP contribution is -2.45. The van der Waals surface area contributed by atoms with Gasteiger partial charge in [0, 0.05) is 38.6 Å². The van der Waals surface area contributed by atoms with Crippen LogP contribution in [0.3, 0.4) is 0 Å². The molecule has 1 saturated heterocycles. The molecule has 0 spiro atoms. The fourth-order valence-corrected chi connectivity index (χ4v) is 2.55. The van der Waals surface area contributed by atoms with Gasteiger partial charge in [0.15, 0.2) is 0 Å². The van der Waals surface area contributed by atoms with Gasteiger partial charge in [-0.2, -0.15) is 13.2 Å². The summed E-state index contributed by atoms with van der Waals surface area (Å²) in [4.78, 5) is 2.08. The molecule has 1 atom stereocenters. The van der Waals surface area contributed by atoms with Crippen molar-refractivity contribution in [1.29, 1.82) is 0 Å². The maximum Gasteiger partial charge on any atom is 0.389 e. The number of piperazine rings is 1. The number of nitrogens with one attached hydrogen (secondary N) is 1. The molecule has 1 aromatic rings. The van der Waals surface area contributed by atoms with Crippen LogP contribution in [0.25, 0.3) is 0 Å². The van der Waals surface area contributed by atoms with E-state index in [1.165, 1.54) is 12.1 Å². The van der Waals surface area contributed by atoms with Crippen LogP contribution in [-0.2, 0) is 0 Å². The number of phenolic OH excluding ortho intramolecular Hbond substituents is 1. The van der Waals surface area contributed by atoms with E-state index in [1.807, 2.05) is 0 Å².